The van der Waals surface area contributed by atoms with Crippen LogP contribution in [0, 0.1) is 22.5 Å². The number of aromatic amines is 1. The third-order valence-corrected chi connectivity index (χ3v) is 14.7. The lowest BCUT2D eigenvalue weighted by Crippen LogP contribution is -2.47. The summed E-state index contributed by atoms with van der Waals surface area (Å²) in [6.07, 6.45) is 2.34. The first-order valence-corrected chi connectivity index (χ1v) is 24.8. The number of aromatic nitrogens is 2. The zero-order chi connectivity index (χ0) is 50.0. The summed E-state index contributed by atoms with van der Waals surface area (Å²) in [7, 11) is -4.65. The fourth-order valence-corrected chi connectivity index (χ4v) is 10.4. The molecule has 2 aromatic heterocycles. The van der Waals surface area contributed by atoms with Crippen LogP contribution in [0.3, 0.4) is 0 Å². The number of allylic oxidation sites excluding steroid dienone is 1. The Kier molecular flexibility index (Phi) is 14.6. The van der Waals surface area contributed by atoms with Crippen LogP contribution in [0.15, 0.2) is 89.6 Å². The maximum atomic E-state index is 14.0. The van der Waals surface area contributed by atoms with Crippen molar-refractivity contribution in [2.24, 2.45) is 5.41 Å². The van der Waals surface area contributed by atoms with Gasteiger partial charge in [-0.1, -0.05) is 25.5 Å². The van der Waals surface area contributed by atoms with Crippen LogP contribution in [0.2, 0.25) is 0 Å². The highest BCUT2D eigenvalue weighted by molar-refractivity contribution is 7.90. The zero-order valence-electron chi connectivity index (χ0n) is 39.5. The molecule has 1 atom stereocenters. The molecule has 0 saturated carbocycles. The number of halogens is 3. The molecular formula is C50H57F3N8O8S. The molecule has 0 bridgehead atoms. The topological polar surface area (TPSA) is 192 Å². The molecule has 0 spiro atoms. The number of rotatable bonds is 15. The number of benzene rings is 3. The van der Waals surface area contributed by atoms with E-state index in [1.807, 2.05) is 0 Å². The Morgan fingerprint density at radius 1 is 1.03 bits per heavy atom. The van der Waals surface area contributed by atoms with Gasteiger partial charge in [0.05, 0.1) is 39.9 Å². The van der Waals surface area contributed by atoms with E-state index in [-0.39, 0.29) is 40.2 Å². The summed E-state index contributed by atoms with van der Waals surface area (Å²) in [6, 6.07) is 15.8. The maximum absolute atomic E-state index is 14.0. The van der Waals surface area contributed by atoms with E-state index >= 15 is 0 Å². The highest BCUT2D eigenvalue weighted by Crippen LogP contribution is 2.45. The Hall–Kier alpha value is -6.51. The number of fused-ring (bicyclic) bond motifs is 1. The molecule has 372 valence electrons. The lowest BCUT2D eigenvalue weighted by Gasteiger charge is -2.39. The molecule has 8 rings (SSSR count). The molecular weight excluding hydrogens is 930 g/mol. The number of aryl methyl sites for hydroxylation is 1. The van der Waals surface area contributed by atoms with Crippen LogP contribution in [0.1, 0.15) is 79.9 Å². The largest absolute Gasteiger partial charge is 0.455 e. The van der Waals surface area contributed by atoms with Crippen molar-refractivity contribution in [3.05, 3.63) is 117 Å². The second-order valence-electron chi connectivity index (χ2n) is 19.0. The number of nitrogens with one attached hydrogen (secondary N) is 3. The molecule has 16 nitrogen and oxygen atoms in total. The number of hydrogen-bond donors (Lipinski definition) is 3. The number of amides is 2. The van der Waals surface area contributed by atoms with Gasteiger partial charge in [0.2, 0.25) is 5.91 Å². The van der Waals surface area contributed by atoms with Crippen LogP contribution < -0.4 is 19.7 Å². The number of carbonyl (C=O) groups is 2. The van der Waals surface area contributed by atoms with Crippen molar-refractivity contribution in [2.45, 2.75) is 77.0 Å². The van der Waals surface area contributed by atoms with Gasteiger partial charge in [-0.2, -0.15) is 13.2 Å². The lowest BCUT2D eigenvalue weighted by atomic mass is 9.72. The minimum Gasteiger partial charge on any atom is -0.455 e. The third-order valence-electron chi connectivity index (χ3n) is 13.3. The molecule has 2 aliphatic heterocycles. The van der Waals surface area contributed by atoms with Crippen molar-refractivity contribution in [3.63, 3.8) is 0 Å². The highest BCUT2D eigenvalue weighted by atomic mass is 32.2. The van der Waals surface area contributed by atoms with Gasteiger partial charge < -0.3 is 29.6 Å². The predicted octanol–water partition coefficient (Wildman–Crippen LogP) is 8.93. The number of nitrogens with zero attached hydrogens (tertiary/aromatic N) is 5. The van der Waals surface area contributed by atoms with E-state index in [1.165, 1.54) is 49.0 Å². The van der Waals surface area contributed by atoms with Gasteiger partial charge in [-0.25, -0.2) is 18.1 Å². The summed E-state index contributed by atoms with van der Waals surface area (Å²) in [4.78, 5) is 50.4. The van der Waals surface area contributed by atoms with Gasteiger partial charge in [-0.05, 0) is 110 Å². The van der Waals surface area contributed by atoms with E-state index in [1.54, 1.807) is 48.4 Å². The fraction of sp³-hybridized carbons (Fsp3) is 0.420. The van der Waals surface area contributed by atoms with Gasteiger partial charge in [0.15, 0.2) is 0 Å². The molecule has 1 unspecified atom stereocenters. The minimum atomic E-state index is -4.65. The van der Waals surface area contributed by atoms with E-state index in [0.717, 1.165) is 41.9 Å². The van der Waals surface area contributed by atoms with E-state index in [4.69, 9.17) is 9.47 Å². The van der Waals surface area contributed by atoms with Gasteiger partial charge in [0.25, 0.3) is 21.6 Å². The number of H-pyrrole nitrogens is 1. The van der Waals surface area contributed by atoms with Crippen LogP contribution in [0.4, 0.5) is 30.2 Å². The smallest absolute Gasteiger partial charge is 0.416 e. The van der Waals surface area contributed by atoms with Crippen molar-refractivity contribution in [2.75, 3.05) is 69.2 Å². The number of carbonyl (C=O) groups excluding carboxylic acids is 2. The first-order chi connectivity index (χ1) is 33.2. The summed E-state index contributed by atoms with van der Waals surface area (Å²) >= 11 is 0. The first kappa shape index (κ1) is 49.9. The number of nitro groups is 1. The summed E-state index contributed by atoms with van der Waals surface area (Å²) in [6.45, 7) is 12.6. The second-order valence-corrected chi connectivity index (χ2v) is 20.7. The monoisotopic (exact) mass is 986 g/mol. The van der Waals surface area contributed by atoms with Crippen LogP contribution >= 0.6 is 0 Å². The number of hydrogen-bond acceptors (Lipinski definition) is 12. The van der Waals surface area contributed by atoms with Gasteiger partial charge in [0, 0.05) is 88.7 Å². The lowest BCUT2D eigenvalue weighted by molar-refractivity contribution is -0.384. The van der Waals surface area contributed by atoms with Crippen molar-refractivity contribution >= 4 is 55.5 Å². The van der Waals surface area contributed by atoms with Gasteiger partial charge in [0.1, 0.15) is 22.8 Å². The molecule has 4 heterocycles. The molecule has 5 aromatic rings. The quantitative estimate of drug-likeness (QED) is 0.0513. The normalized spacial score (nSPS) is 18.0. The van der Waals surface area contributed by atoms with E-state index in [0.29, 0.717) is 88.7 Å². The first-order valence-electron chi connectivity index (χ1n) is 23.3. The van der Waals surface area contributed by atoms with Gasteiger partial charge in [-0.15, -0.1) is 0 Å². The highest BCUT2D eigenvalue weighted by Gasteiger charge is 2.34. The number of morpholine rings is 1. The standard InChI is InChI=1S/C50H57F3N8O8S/c1-32-24-36(50(51,52)53)7-10-41(32)43-28-49(3,4)15-13-35(43)30-58-18-20-59(21-19-58)37-8-11-42(46(26-37)69-39-25-34-14-17-55-47(34)56-29-39)48(63)57-70(66,67)40-9-12-44(45(27-40)61(64)65)54-16-5-6-38-31-60(33(2)62)22-23-68-38/h7-12,14,17,24-27,29,38,54H,5-6,13,15-16,18-23,28,30-31H2,1-4H3,(H,55,56)(H,57,63). The van der Waals surface area contributed by atoms with Gasteiger partial charge >= 0.3 is 6.18 Å². The number of ether oxygens (including phenoxy) is 2. The average Bonchev–Trinajstić information content (AvgIpc) is 3.79. The Bertz CT molecular complexity index is 2930. The summed E-state index contributed by atoms with van der Waals surface area (Å²) in [5, 5.41) is 15.9. The maximum Gasteiger partial charge on any atom is 0.416 e. The molecule has 70 heavy (non-hydrogen) atoms. The van der Waals surface area contributed by atoms with E-state index in [9.17, 15) is 41.3 Å². The number of sulfonamides is 1. The molecule has 2 amide bonds. The van der Waals surface area contributed by atoms with E-state index in [2.05, 4.69) is 43.7 Å². The molecule has 20 heteroatoms. The average molecular weight is 987 g/mol. The molecule has 0 radical (unpaired) electrons. The number of alkyl halides is 3. The third kappa shape index (κ3) is 11.7. The molecule has 2 fully saturated rings. The van der Waals surface area contributed by atoms with Crippen molar-refractivity contribution in [1.82, 2.24) is 24.5 Å². The molecule has 3 aliphatic rings. The number of pyridine rings is 1. The molecule has 2 saturated heterocycles. The fourth-order valence-electron chi connectivity index (χ4n) is 9.43. The van der Waals surface area contributed by atoms with Crippen LogP contribution in [-0.2, 0) is 25.7 Å². The minimum absolute atomic E-state index is 0.00209. The van der Waals surface area contributed by atoms with Gasteiger partial charge in [-0.3, -0.25) is 24.6 Å². The Balaban J connectivity index is 0.971. The summed E-state index contributed by atoms with van der Waals surface area (Å²) < 4.78 is 82.3. The van der Waals surface area contributed by atoms with Crippen LogP contribution in [0.25, 0.3) is 16.6 Å². The molecule has 3 aromatic carbocycles. The predicted molar refractivity (Wildman–Crippen MR) is 259 cm³/mol. The Morgan fingerprint density at radius 3 is 2.54 bits per heavy atom. The van der Waals surface area contributed by atoms with Crippen LogP contribution in [0.5, 0.6) is 11.5 Å². The second kappa shape index (κ2) is 20.4. The number of anilines is 2. The van der Waals surface area contributed by atoms with Crippen molar-refractivity contribution in [1.29, 1.82) is 0 Å². The van der Waals surface area contributed by atoms with Crippen molar-refractivity contribution in [3.8, 4) is 11.5 Å². The molecule has 3 N–H and O–H groups in total. The Labute approximate surface area is 404 Å². The summed E-state index contributed by atoms with van der Waals surface area (Å²) in [5.74, 6) is -0.719. The Morgan fingerprint density at radius 2 is 1.81 bits per heavy atom. The number of nitro benzene ring substituents is 1. The number of piperazine rings is 1. The van der Waals surface area contributed by atoms with Crippen LogP contribution in [-0.4, -0.2) is 110 Å². The van der Waals surface area contributed by atoms with E-state index < -0.39 is 43.2 Å². The van der Waals surface area contributed by atoms with Crippen molar-refractivity contribution < 1.29 is 45.6 Å². The SMILES string of the molecule is CC(=O)N1CCOC(CCCNc2ccc(S(=O)(=O)NC(=O)c3ccc(N4CCN(CC5=C(c6ccc(C(F)(F)F)cc6C)CC(C)(C)CC5)CC4)cc3Oc3cnc4[nH]ccc4c3)cc2[N+](=O)[O-])C1. The zero-order valence-corrected chi connectivity index (χ0v) is 40.3. The summed E-state index contributed by atoms with van der Waals surface area (Å²) in [5.41, 5.74) is 3.96. The molecule has 1 aliphatic carbocycles.